The van der Waals surface area contributed by atoms with E-state index < -0.39 is 5.41 Å². The third-order valence-electron chi connectivity index (χ3n) is 4.33. The number of carbonyl (C=O) groups is 2. The number of benzene rings is 2. The fourth-order valence-corrected chi connectivity index (χ4v) is 3.04. The highest BCUT2D eigenvalue weighted by atomic mass is 16.5. The molecule has 124 valence electrons. The van der Waals surface area contributed by atoms with Gasteiger partial charge < -0.3 is 15.0 Å². The number of para-hydroxylation sites is 3. The SMILES string of the molecule is COc1ccccc1NC(=O)CN1C(=O)C(C)(C)c2ccccc21. The predicted octanol–water partition coefficient (Wildman–Crippen LogP) is 2.96. The standard InChI is InChI=1S/C19H20N2O3/c1-19(2)13-8-4-6-10-15(13)21(18(19)23)12-17(22)20-14-9-5-7-11-16(14)24-3/h4-11H,12H2,1-3H3,(H,20,22). The molecule has 5 heteroatoms. The summed E-state index contributed by atoms with van der Waals surface area (Å²) in [6, 6.07) is 14.8. The molecule has 1 aliphatic heterocycles. The van der Waals surface area contributed by atoms with Crippen molar-refractivity contribution in [2.45, 2.75) is 19.3 Å². The molecule has 1 N–H and O–H groups in total. The second kappa shape index (κ2) is 6.00. The average Bonchev–Trinajstić information content (AvgIpc) is 2.77. The zero-order chi connectivity index (χ0) is 17.3. The van der Waals surface area contributed by atoms with Crippen LogP contribution >= 0.6 is 0 Å². The Labute approximate surface area is 141 Å². The minimum absolute atomic E-state index is 0.0304. The van der Waals surface area contributed by atoms with Crippen LogP contribution < -0.4 is 15.0 Å². The van der Waals surface area contributed by atoms with E-state index in [1.54, 1.807) is 24.1 Å². The van der Waals surface area contributed by atoms with Crippen LogP contribution in [0, 0.1) is 0 Å². The lowest BCUT2D eigenvalue weighted by molar-refractivity contribution is -0.124. The highest BCUT2D eigenvalue weighted by Crippen LogP contribution is 2.41. The maximum Gasteiger partial charge on any atom is 0.244 e. The van der Waals surface area contributed by atoms with Gasteiger partial charge in [0.2, 0.25) is 11.8 Å². The summed E-state index contributed by atoms with van der Waals surface area (Å²) in [6.45, 7) is 3.73. The Balaban J connectivity index is 1.81. The van der Waals surface area contributed by atoms with Crippen molar-refractivity contribution in [2.24, 2.45) is 0 Å². The zero-order valence-electron chi connectivity index (χ0n) is 14.0. The van der Waals surface area contributed by atoms with E-state index in [2.05, 4.69) is 5.32 Å². The summed E-state index contributed by atoms with van der Waals surface area (Å²) in [6.07, 6.45) is 0. The monoisotopic (exact) mass is 324 g/mol. The molecule has 0 fully saturated rings. The fourth-order valence-electron chi connectivity index (χ4n) is 3.04. The largest absolute Gasteiger partial charge is 0.495 e. The molecule has 0 saturated carbocycles. The topological polar surface area (TPSA) is 58.6 Å². The maximum atomic E-state index is 12.7. The quantitative estimate of drug-likeness (QED) is 0.940. The molecule has 2 aromatic carbocycles. The molecule has 0 aliphatic carbocycles. The van der Waals surface area contributed by atoms with E-state index in [4.69, 9.17) is 4.74 Å². The lowest BCUT2D eigenvalue weighted by Crippen LogP contribution is -2.40. The van der Waals surface area contributed by atoms with Gasteiger partial charge in [0.25, 0.3) is 0 Å². The van der Waals surface area contributed by atoms with Gasteiger partial charge in [0.15, 0.2) is 0 Å². The summed E-state index contributed by atoms with van der Waals surface area (Å²) in [5.74, 6) is 0.249. The molecule has 2 aromatic rings. The van der Waals surface area contributed by atoms with Crippen molar-refractivity contribution in [1.29, 1.82) is 0 Å². The third-order valence-corrected chi connectivity index (χ3v) is 4.33. The van der Waals surface area contributed by atoms with E-state index in [9.17, 15) is 9.59 Å². The minimum Gasteiger partial charge on any atom is -0.495 e. The van der Waals surface area contributed by atoms with E-state index in [1.807, 2.05) is 50.2 Å². The van der Waals surface area contributed by atoms with E-state index >= 15 is 0 Å². The van der Waals surface area contributed by atoms with Gasteiger partial charge in [-0.3, -0.25) is 9.59 Å². The van der Waals surface area contributed by atoms with E-state index in [0.29, 0.717) is 11.4 Å². The second-order valence-corrected chi connectivity index (χ2v) is 6.28. The molecule has 2 amide bonds. The van der Waals surface area contributed by atoms with Gasteiger partial charge in [-0.2, -0.15) is 0 Å². The van der Waals surface area contributed by atoms with Gasteiger partial charge in [-0.05, 0) is 37.6 Å². The zero-order valence-corrected chi connectivity index (χ0v) is 14.0. The molecule has 0 unspecified atom stereocenters. The number of anilines is 2. The van der Waals surface area contributed by atoms with Crippen molar-refractivity contribution < 1.29 is 14.3 Å². The number of ether oxygens (including phenoxy) is 1. The molecule has 5 nitrogen and oxygen atoms in total. The number of fused-ring (bicyclic) bond motifs is 1. The van der Waals surface area contributed by atoms with Crippen molar-refractivity contribution >= 4 is 23.2 Å². The summed E-state index contributed by atoms with van der Waals surface area (Å²) in [4.78, 5) is 26.7. The third kappa shape index (κ3) is 2.62. The first kappa shape index (κ1) is 16.1. The van der Waals surface area contributed by atoms with Crippen LogP contribution in [-0.2, 0) is 15.0 Å². The Kier molecular flexibility index (Phi) is 4.01. The number of nitrogens with one attached hydrogen (secondary N) is 1. The van der Waals surface area contributed by atoms with Crippen molar-refractivity contribution in [2.75, 3.05) is 23.9 Å². The fraction of sp³-hybridized carbons (Fsp3) is 0.263. The maximum absolute atomic E-state index is 12.7. The van der Waals surface area contributed by atoms with E-state index in [1.165, 1.54) is 0 Å². The average molecular weight is 324 g/mol. The molecule has 0 bridgehead atoms. The van der Waals surface area contributed by atoms with Crippen molar-refractivity contribution in [3.63, 3.8) is 0 Å². The molecule has 24 heavy (non-hydrogen) atoms. The number of amides is 2. The minimum atomic E-state index is -0.624. The number of carbonyl (C=O) groups excluding carboxylic acids is 2. The molecule has 0 spiro atoms. The van der Waals surface area contributed by atoms with E-state index in [0.717, 1.165) is 11.3 Å². The Morgan fingerprint density at radius 3 is 2.54 bits per heavy atom. The number of hydrogen-bond donors (Lipinski definition) is 1. The normalized spacial score (nSPS) is 15.1. The summed E-state index contributed by atoms with van der Waals surface area (Å²) < 4.78 is 5.23. The number of methoxy groups -OCH3 is 1. The molecule has 0 aromatic heterocycles. The van der Waals surface area contributed by atoms with Gasteiger partial charge in [0.05, 0.1) is 18.2 Å². The molecule has 0 radical (unpaired) electrons. The van der Waals surface area contributed by atoms with Gasteiger partial charge in [-0.15, -0.1) is 0 Å². The van der Waals surface area contributed by atoms with Crippen molar-refractivity contribution in [3.8, 4) is 5.75 Å². The molecular weight excluding hydrogens is 304 g/mol. The van der Waals surface area contributed by atoms with Crippen LogP contribution in [0.15, 0.2) is 48.5 Å². The van der Waals surface area contributed by atoms with Gasteiger partial charge in [-0.25, -0.2) is 0 Å². The van der Waals surface area contributed by atoms with Crippen LogP contribution in [0.4, 0.5) is 11.4 Å². The first-order valence-electron chi connectivity index (χ1n) is 7.79. The van der Waals surface area contributed by atoms with Gasteiger partial charge in [0, 0.05) is 5.69 Å². The number of rotatable bonds is 4. The molecule has 1 aliphatic rings. The van der Waals surface area contributed by atoms with Crippen LogP contribution in [0.1, 0.15) is 19.4 Å². The van der Waals surface area contributed by atoms with Crippen LogP contribution in [0.3, 0.4) is 0 Å². The lowest BCUT2D eigenvalue weighted by Gasteiger charge is -2.20. The Morgan fingerprint density at radius 2 is 1.79 bits per heavy atom. The van der Waals surface area contributed by atoms with Crippen LogP contribution in [0.25, 0.3) is 0 Å². The molecule has 3 rings (SSSR count). The number of nitrogens with zero attached hydrogens (tertiary/aromatic N) is 1. The second-order valence-electron chi connectivity index (χ2n) is 6.28. The first-order valence-corrected chi connectivity index (χ1v) is 7.79. The highest BCUT2D eigenvalue weighted by Gasteiger charge is 2.44. The van der Waals surface area contributed by atoms with Crippen molar-refractivity contribution in [3.05, 3.63) is 54.1 Å². The van der Waals surface area contributed by atoms with Gasteiger partial charge in [0.1, 0.15) is 12.3 Å². The molecule has 0 saturated heterocycles. The first-order chi connectivity index (χ1) is 11.4. The Morgan fingerprint density at radius 1 is 1.12 bits per heavy atom. The van der Waals surface area contributed by atoms with Crippen molar-refractivity contribution in [1.82, 2.24) is 0 Å². The Bertz CT molecular complexity index is 799. The summed E-state index contributed by atoms with van der Waals surface area (Å²) in [5.41, 5.74) is 1.70. The van der Waals surface area contributed by atoms with Crippen LogP contribution in [0.5, 0.6) is 5.75 Å². The highest BCUT2D eigenvalue weighted by molar-refractivity contribution is 6.11. The summed E-state index contributed by atoms with van der Waals surface area (Å²) >= 11 is 0. The lowest BCUT2D eigenvalue weighted by atomic mass is 9.86. The summed E-state index contributed by atoms with van der Waals surface area (Å²) in [7, 11) is 1.55. The Hall–Kier alpha value is -2.82. The van der Waals surface area contributed by atoms with E-state index in [-0.39, 0.29) is 18.4 Å². The van der Waals surface area contributed by atoms with Crippen LogP contribution in [-0.4, -0.2) is 25.5 Å². The van der Waals surface area contributed by atoms with Gasteiger partial charge in [-0.1, -0.05) is 30.3 Å². The van der Waals surface area contributed by atoms with Crippen LogP contribution in [0.2, 0.25) is 0 Å². The molecular formula is C19H20N2O3. The predicted molar refractivity (Wildman–Crippen MR) is 93.4 cm³/mol. The summed E-state index contributed by atoms with van der Waals surface area (Å²) in [5, 5.41) is 2.81. The molecule has 0 atom stereocenters. The smallest absolute Gasteiger partial charge is 0.244 e. The van der Waals surface area contributed by atoms with Gasteiger partial charge >= 0.3 is 0 Å². The molecule has 1 heterocycles. The number of hydrogen-bond acceptors (Lipinski definition) is 3.